The summed E-state index contributed by atoms with van der Waals surface area (Å²) in [7, 11) is 0. The highest BCUT2D eigenvalue weighted by Gasteiger charge is 2.15. The summed E-state index contributed by atoms with van der Waals surface area (Å²) < 4.78 is 0. The van der Waals surface area contributed by atoms with Crippen LogP contribution in [-0.4, -0.2) is 19.1 Å². The zero-order valence-corrected chi connectivity index (χ0v) is 14.2. The second-order valence-electron chi connectivity index (χ2n) is 7.34. The van der Waals surface area contributed by atoms with Crippen molar-refractivity contribution in [1.29, 1.82) is 0 Å². The van der Waals surface area contributed by atoms with Gasteiger partial charge in [-0.1, -0.05) is 33.8 Å². The maximum absolute atomic E-state index is 3.78. The number of anilines is 2. The van der Waals surface area contributed by atoms with E-state index >= 15 is 0 Å². The molecule has 0 saturated carbocycles. The molecule has 1 heterocycles. The van der Waals surface area contributed by atoms with Crippen LogP contribution in [0.4, 0.5) is 11.4 Å². The van der Waals surface area contributed by atoms with Crippen molar-refractivity contribution in [3.8, 4) is 0 Å². The molecular formula is C19H32N2. The molecule has 0 unspecified atom stereocenters. The fourth-order valence-corrected chi connectivity index (χ4v) is 3.36. The van der Waals surface area contributed by atoms with Crippen LogP contribution in [-0.2, 0) is 0 Å². The third kappa shape index (κ3) is 5.26. The maximum Gasteiger partial charge on any atom is 0.0386 e. The largest absolute Gasteiger partial charge is 0.382 e. The average molecular weight is 288 g/mol. The molecule has 1 saturated heterocycles. The van der Waals surface area contributed by atoms with Gasteiger partial charge in [-0.15, -0.1) is 0 Å². The summed E-state index contributed by atoms with van der Waals surface area (Å²) >= 11 is 0. The van der Waals surface area contributed by atoms with Crippen molar-refractivity contribution in [1.82, 2.24) is 0 Å². The van der Waals surface area contributed by atoms with Crippen LogP contribution in [0.5, 0.6) is 0 Å². The van der Waals surface area contributed by atoms with Gasteiger partial charge in [0.1, 0.15) is 0 Å². The van der Waals surface area contributed by atoms with Crippen molar-refractivity contribution in [3.63, 3.8) is 0 Å². The van der Waals surface area contributed by atoms with E-state index in [1.54, 1.807) is 0 Å². The maximum atomic E-state index is 3.78. The van der Waals surface area contributed by atoms with Crippen LogP contribution in [0, 0.1) is 11.8 Å². The third-order valence-corrected chi connectivity index (χ3v) is 4.20. The number of hydrogen-bond acceptors (Lipinski definition) is 2. The summed E-state index contributed by atoms with van der Waals surface area (Å²) in [5.41, 5.74) is 2.66. The van der Waals surface area contributed by atoms with Gasteiger partial charge in [0.2, 0.25) is 0 Å². The quantitative estimate of drug-likeness (QED) is 0.745. The SMILES string of the molecule is CC(C)CC(CC(C)C)Nc1cccc(N2CCCC2)c1. The molecule has 1 N–H and O–H groups in total. The van der Waals surface area contributed by atoms with Crippen LogP contribution in [0.25, 0.3) is 0 Å². The number of nitrogens with zero attached hydrogens (tertiary/aromatic N) is 1. The number of nitrogens with one attached hydrogen (secondary N) is 1. The number of rotatable bonds is 7. The fourth-order valence-electron chi connectivity index (χ4n) is 3.36. The van der Waals surface area contributed by atoms with E-state index in [1.165, 1.54) is 50.1 Å². The fraction of sp³-hybridized carbons (Fsp3) is 0.684. The Labute approximate surface area is 130 Å². The van der Waals surface area contributed by atoms with Gasteiger partial charge in [-0.2, -0.15) is 0 Å². The molecule has 2 heteroatoms. The standard InChI is InChI=1S/C19H32N2/c1-15(2)12-18(13-16(3)4)20-17-8-7-9-19(14-17)21-10-5-6-11-21/h7-9,14-16,18,20H,5-6,10-13H2,1-4H3. The Kier molecular flexibility index (Phi) is 5.96. The summed E-state index contributed by atoms with van der Waals surface area (Å²) in [5.74, 6) is 1.48. The summed E-state index contributed by atoms with van der Waals surface area (Å²) in [6, 6.07) is 9.57. The summed E-state index contributed by atoms with van der Waals surface area (Å²) in [6.07, 6.45) is 5.15. The van der Waals surface area contributed by atoms with Gasteiger partial charge in [0.25, 0.3) is 0 Å². The Morgan fingerprint density at radius 1 is 1.00 bits per heavy atom. The van der Waals surface area contributed by atoms with Gasteiger partial charge in [0, 0.05) is 30.5 Å². The minimum atomic E-state index is 0.582. The second kappa shape index (κ2) is 7.72. The lowest BCUT2D eigenvalue weighted by Crippen LogP contribution is -2.24. The normalized spacial score (nSPS) is 15.5. The van der Waals surface area contributed by atoms with Crippen molar-refractivity contribution < 1.29 is 0 Å². The molecule has 1 fully saturated rings. The molecule has 2 rings (SSSR count). The Bertz CT molecular complexity index is 409. The van der Waals surface area contributed by atoms with Crippen LogP contribution in [0.1, 0.15) is 53.4 Å². The lowest BCUT2D eigenvalue weighted by molar-refractivity contribution is 0.442. The zero-order valence-electron chi connectivity index (χ0n) is 14.2. The number of hydrogen-bond donors (Lipinski definition) is 1. The van der Waals surface area contributed by atoms with Gasteiger partial charge >= 0.3 is 0 Å². The summed E-state index contributed by atoms with van der Waals surface area (Å²) in [5, 5.41) is 3.78. The molecule has 0 aromatic heterocycles. The molecule has 1 aromatic carbocycles. The molecule has 2 nitrogen and oxygen atoms in total. The van der Waals surface area contributed by atoms with Gasteiger partial charge in [-0.3, -0.25) is 0 Å². The van der Waals surface area contributed by atoms with Crippen LogP contribution < -0.4 is 10.2 Å². The Morgan fingerprint density at radius 3 is 2.19 bits per heavy atom. The van der Waals surface area contributed by atoms with Crippen molar-refractivity contribution in [2.75, 3.05) is 23.3 Å². The van der Waals surface area contributed by atoms with Gasteiger partial charge in [-0.25, -0.2) is 0 Å². The minimum Gasteiger partial charge on any atom is -0.382 e. The molecule has 21 heavy (non-hydrogen) atoms. The van der Waals surface area contributed by atoms with Gasteiger partial charge in [-0.05, 0) is 55.7 Å². The molecule has 1 aromatic rings. The van der Waals surface area contributed by atoms with Crippen molar-refractivity contribution >= 4 is 11.4 Å². The van der Waals surface area contributed by atoms with E-state index in [9.17, 15) is 0 Å². The molecule has 0 aliphatic carbocycles. The molecule has 118 valence electrons. The molecule has 0 spiro atoms. The third-order valence-electron chi connectivity index (χ3n) is 4.20. The first kappa shape index (κ1) is 16.2. The second-order valence-corrected chi connectivity index (χ2v) is 7.34. The smallest absolute Gasteiger partial charge is 0.0386 e. The van der Waals surface area contributed by atoms with Gasteiger partial charge in [0.05, 0.1) is 0 Å². The molecule has 0 atom stereocenters. The molecule has 0 bridgehead atoms. The van der Waals surface area contributed by atoms with Crippen LogP contribution >= 0.6 is 0 Å². The van der Waals surface area contributed by atoms with E-state index in [2.05, 4.69) is 62.2 Å². The van der Waals surface area contributed by atoms with Crippen LogP contribution in [0.3, 0.4) is 0 Å². The highest BCUT2D eigenvalue weighted by atomic mass is 15.1. The average Bonchev–Trinajstić information content (AvgIpc) is 2.91. The highest BCUT2D eigenvalue weighted by molar-refractivity contribution is 5.58. The zero-order chi connectivity index (χ0) is 15.2. The molecule has 0 radical (unpaired) electrons. The lowest BCUT2D eigenvalue weighted by Gasteiger charge is -2.25. The van der Waals surface area contributed by atoms with Crippen LogP contribution in [0.15, 0.2) is 24.3 Å². The van der Waals surface area contributed by atoms with Gasteiger partial charge < -0.3 is 10.2 Å². The van der Waals surface area contributed by atoms with Crippen molar-refractivity contribution in [2.24, 2.45) is 11.8 Å². The molecule has 1 aliphatic heterocycles. The topological polar surface area (TPSA) is 15.3 Å². The first-order chi connectivity index (χ1) is 10.0. The lowest BCUT2D eigenvalue weighted by atomic mass is 9.95. The predicted octanol–water partition coefficient (Wildman–Crippen LogP) is 5.16. The van der Waals surface area contributed by atoms with E-state index in [0.717, 1.165) is 11.8 Å². The van der Waals surface area contributed by atoms with E-state index in [0.29, 0.717) is 6.04 Å². The monoisotopic (exact) mass is 288 g/mol. The first-order valence-corrected chi connectivity index (χ1v) is 8.66. The molecular weight excluding hydrogens is 256 g/mol. The summed E-state index contributed by atoms with van der Waals surface area (Å²) in [4.78, 5) is 2.51. The van der Waals surface area contributed by atoms with Crippen molar-refractivity contribution in [2.45, 2.75) is 59.4 Å². The molecule has 0 amide bonds. The van der Waals surface area contributed by atoms with E-state index < -0.39 is 0 Å². The van der Waals surface area contributed by atoms with Crippen LogP contribution in [0.2, 0.25) is 0 Å². The van der Waals surface area contributed by atoms with E-state index in [1.807, 2.05) is 0 Å². The minimum absolute atomic E-state index is 0.582. The highest BCUT2D eigenvalue weighted by Crippen LogP contribution is 2.25. The Morgan fingerprint density at radius 2 is 1.62 bits per heavy atom. The number of benzene rings is 1. The first-order valence-electron chi connectivity index (χ1n) is 8.66. The summed E-state index contributed by atoms with van der Waals surface area (Å²) in [6.45, 7) is 11.7. The molecule has 1 aliphatic rings. The van der Waals surface area contributed by atoms with E-state index in [-0.39, 0.29) is 0 Å². The van der Waals surface area contributed by atoms with Gasteiger partial charge in [0.15, 0.2) is 0 Å². The Hall–Kier alpha value is -1.18. The van der Waals surface area contributed by atoms with Crippen molar-refractivity contribution in [3.05, 3.63) is 24.3 Å². The predicted molar refractivity (Wildman–Crippen MR) is 94.2 cm³/mol. The van der Waals surface area contributed by atoms with E-state index in [4.69, 9.17) is 0 Å². The Balaban J connectivity index is 2.03.